The third kappa shape index (κ3) is 2.71. The third-order valence-electron chi connectivity index (χ3n) is 3.59. The second-order valence-electron chi connectivity index (χ2n) is 5.05. The molecule has 0 aliphatic carbocycles. The first-order chi connectivity index (χ1) is 9.97. The summed E-state index contributed by atoms with van der Waals surface area (Å²) >= 11 is 5.96. The van der Waals surface area contributed by atoms with E-state index in [4.69, 9.17) is 11.6 Å². The molecule has 1 aliphatic heterocycles. The molecule has 3 rings (SSSR count). The maximum absolute atomic E-state index is 12.4. The molecule has 0 fully saturated rings. The summed E-state index contributed by atoms with van der Waals surface area (Å²) in [7, 11) is -1.68. The van der Waals surface area contributed by atoms with Gasteiger partial charge < -0.3 is 4.90 Å². The topological polar surface area (TPSA) is 49.4 Å². The van der Waals surface area contributed by atoms with Crippen LogP contribution in [0.3, 0.4) is 0 Å². The van der Waals surface area contributed by atoms with Gasteiger partial charge in [0.2, 0.25) is 0 Å². The molecular formula is C15H15ClN2O2S. The van der Waals surface area contributed by atoms with Crippen molar-refractivity contribution in [1.29, 1.82) is 0 Å². The highest BCUT2D eigenvalue weighted by atomic mass is 35.5. The van der Waals surface area contributed by atoms with Crippen LogP contribution in [0.2, 0.25) is 5.02 Å². The number of likely N-dealkylation sites (N-methyl/N-ethyl adjacent to an activating group) is 1. The second-order valence-corrected chi connectivity index (χ2v) is 7.11. The molecule has 1 heterocycles. The van der Waals surface area contributed by atoms with Crippen molar-refractivity contribution in [2.24, 2.45) is 0 Å². The highest BCUT2D eigenvalue weighted by Gasteiger charge is 2.20. The van der Waals surface area contributed by atoms with Gasteiger partial charge in [-0.1, -0.05) is 29.8 Å². The van der Waals surface area contributed by atoms with Crippen molar-refractivity contribution in [2.75, 3.05) is 23.2 Å². The first-order valence-corrected chi connectivity index (χ1v) is 8.45. The lowest BCUT2D eigenvalue weighted by Crippen LogP contribution is -2.15. The van der Waals surface area contributed by atoms with Crippen molar-refractivity contribution in [3.63, 3.8) is 0 Å². The summed E-state index contributed by atoms with van der Waals surface area (Å²) < 4.78 is 27.4. The molecule has 0 saturated heterocycles. The smallest absolute Gasteiger partial charge is 0.263 e. The Bertz CT molecular complexity index is 790. The molecule has 0 unspecified atom stereocenters. The van der Waals surface area contributed by atoms with E-state index in [0.717, 1.165) is 18.7 Å². The van der Waals surface area contributed by atoms with E-state index >= 15 is 0 Å². The maximum Gasteiger partial charge on any atom is 0.263 e. The normalized spacial score (nSPS) is 14.1. The molecule has 2 aromatic rings. The Balaban J connectivity index is 1.94. The highest BCUT2D eigenvalue weighted by Crippen LogP contribution is 2.31. The van der Waals surface area contributed by atoms with Gasteiger partial charge in [-0.15, -0.1) is 0 Å². The summed E-state index contributed by atoms with van der Waals surface area (Å²) in [5.74, 6) is 0. The third-order valence-corrected chi connectivity index (χ3v) is 5.47. The van der Waals surface area contributed by atoms with Crippen molar-refractivity contribution >= 4 is 33.0 Å². The van der Waals surface area contributed by atoms with Gasteiger partial charge in [-0.2, -0.15) is 0 Å². The second kappa shape index (κ2) is 5.24. The van der Waals surface area contributed by atoms with Crippen molar-refractivity contribution < 1.29 is 8.42 Å². The van der Waals surface area contributed by atoms with Gasteiger partial charge in [0.25, 0.3) is 10.0 Å². The summed E-state index contributed by atoms with van der Waals surface area (Å²) in [5, 5.41) is 0.211. The Kier molecular flexibility index (Phi) is 3.55. The Labute approximate surface area is 129 Å². The number of hydrogen-bond acceptors (Lipinski definition) is 3. The summed E-state index contributed by atoms with van der Waals surface area (Å²) in [6.45, 7) is 0.954. The lowest BCUT2D eigenvalue weighted by Gasteiger charge is -2.14. The fraction of sp³-hybridized carbons (Fsp3) is 0.200. The van der Waals surface area contributed by atoms with E-state index in [2.05, 4.69) is 9.62 Å². The van der Waals surface area contributed by atoms with Crippen LogP contribution < -0.4 is 9.62 Å². The molecule has 0 radical (unpaired) electrons. The van der Waals surface area contributed by atoms with Gasteiger partial charge in [0.1, 0.15) is 4.90 Å². The quantitative estimate of drug-likeness (QED) is 0.944. The van der Waals surface area contributed by atoms with Gasteiger partial charge in [-0.3, -0.25) is 4.72 Å². The van der Waals surface area contributed by atoms with Gasteiger partial charge in [0.05, 0.1) is 10.7 Å². The van der Waals surface area contributed by atoms with Gasteiger partial charge in [-0.25, -0.2) is 8.42 Å². The fourth-order valence-electron chi connectivity index (χ4n) is 2.48. The Morgan fingerprint density at radius 3 is 2.71 bits per heavy atom. The Morgan fingerprint density at radius 2 is 1.95 bits per heavy atom. The SMILES string of the molecule is CN1CCc2ccc(NS(=O)(=O)c3ccccc3Cl)cc21. The van der Waals surface area contributed by atoms with Gasteiger partial charge in [0.15, 0.2) is 0 Å². The molecule has 0 saturated carbocycles. The maximum atomic E-state index is 12.4. The van der Waals surface area contributed by atoms with Crippen LogP contribution in [-0.4, -0.2) is 22.0 Å². The van der Waals surface area contributed by atoms with E-state index in [9.17, 15) is 8.42 Å². The highest BCUT2D eigenvalue weighted by molar-refractivity contribution is 7.92. The predicted octanol–water partition coefficient (Wildman–Crippen LogP) is 3.13. The molecular weight excluding hydrogens is 308 g/mol. The zero-order valence-electron chi connectivity index (χ0n) is 11.5. The van der Waals surface area contributed by atoms with Crippen LogP contribution >= 0.6 is 11.6 Å². The number of anilines is 2. The van der Waals surface area contributed by atoms with E-state index in [1.165, 1.54) is 11.6 Å². The summed E-state index contributed by atoms with van der Waals surface area (Å²) in [5.41, 5.74) is 2.84. The van der Waals surface area contributed by atoms with Crippen molar-refractivity contribution in [3.05, 3.63) is 53.1 Å². The molecule has 0 bridgehead atoms. The fourth-order valence-corrected chi connectivity index (χ4v) is 4.05. The van der Waals surface area contributed by atoms with Crippen LogP contribution in [-0.2, 0) is 16.4 Å². The molecule has 0 aromatic heterocycles. The van der Waals surface area contributed by atoms with E-state index < -0.39 is 10.0 Å². The van der Waals surface area contributed by atoms with Crippen LogP contribution in [0.4, 0.5) is 11.4 Å². The van der Waals surface area contributed by atoms with Crippen LogP contribution in [0.5, 0.6) is 0 Å². The number of nitrogens with one attached hydrogen (secondary N) is 1. The van der Waals surface area contributed by atoms with E-state index in [0.29, 0.717) is 5.69 Å². The van der Waals surface area contributed by atoms with Crippen LogP contribution in [0.1, 0.15) is 5.56 Å². The van der Waals surface area contributed by atoms with Crippen molar-refractivity contribution in [2.45, 2.75) is 11.3 Å². The first-order valence-electron chi connectivity index (χ1n) is 6.59. The number of hydrogen-bond donors (Lipinski definition) is 1. The molecule has 0 spiro atoms. The Morgan fingerprint density at radius 1 is 1.19 bits per heavy atom. The molecule has 0 atom stereocenters. The molecule has 6 heteroatoms. The molecule has 1 aliphatic rings. The summed E-state index contributed by atoms with van der Waals surface area (Å²) in [4.78, 5) is 2.20. The van der Waals surface area contributed by atoms with Gasteiger partial charge in [0, 0.05) is 19.3 Å². The minimum Gasteiger partial charge on any atom is -0.374 e. The standard InChI is InChI=1S/C15H15ClN2O2S/c1-18-9-8-11-6-7-12(10-14(11)18)17-21(19,20)15-5-3-2-4-13(15)16/h2-7,10,17H,8-9H2,1H3. The minimum atomic E-state index is -3.68. The van der Waals surface area contributed by atoms with Crippen molar-refractivity contribution in [1.82, 2.24) is 0 Å². The number of fused-ring (bicyclic) bond motifs is 1. The zero-order chi connectivity index (χ0) is 15.0. The van der Waals surface area contributed by atoms with E-state index in [1.807, 2.05) is 19.2 Å². The Hall–Kier alpha value is -1.72. The van der Waals surface area contributed by atoms with E-state index in [-0.39, 0.29) is 9.92 Å². The minimum absolute atomic E-state index is 0.0838. The molecule has 4 nitrogen and oxygen atoms in total. The van der Waals surface area contributed by atoms with Crippen LogP contribution in [0.25, 0.3) is 0 Å². The number of benzene rings is 2. The molecule has 1 N–H and O–H groups in total. The number of halogens is 1. The average molecular weight is 323 g/mol. The number of sulfonamides is 1. The molecule has 2 aromatic carbocycles. The zero-order valence-corrected chi connectivity index (χ0v) is 13.1. The first kappa shape index (κ1) is 14.2. The van der Waals surface area contributed by atoms with Gasteiger partial charge in [-0.05, 0) is 36.2 Å². The number of nitrogens with zero attached hydrogens (tertiary/aromatic N) is 1. The molecule has 0 amide bonds. The lowest BCUT2D eigenvalue weighted by molar-refractivity contribution is 0.601. The summed E-state index contributed by atoms with van der Waals surface area (Å²) in [6, 6.07) is 12.0. The molecule has 21 heavy (non-hydrogen) atoms. The van der Waals surface area contributed by atoms with Crippen LogP contribution in [0.15, 0.2) is 47.4 Å². The average Bonchev–Trinajstić information content (AvgIpc) is 2.80. The monoisotopic (exact) mass is 322 g/mol. The van der Waals surface area contributed by atoms with Gasteiger partial charge >= 0.3 is 0 Å². The largest absolute Gasteiger partial charge is 0.374 e. The van der Waals surface area contributed by atoms with Crippen LogP contribution in [0, 0.1) is 0 Å². The molecule has 110 valence electrons. The van der Waals surface area contributed by atoms with Crippen molar-refractivity contribution in [3.8, 4) is 0 Å². The van der Waals surface area contributed by atoms with E-state index in [1.54, 1.807) is 24.3 Å². The number of rotatable bonds is 3. The lowest BCUT2D eigenvalue weighted by atomic mass is 10.1. The summed E-state index contributed by atoms with van der Waals surface area (Å²) in [6.07, 6.45) is 0.989. The predicted molar refractivity (Wildman–Crippen MR) is 85.7 cm³/mol.